The van der Waals surface area contributed by atoms with Crippen LogP contribution in [-0.4, -0.2) is 12.5 Å². The maximum absolute atomic E-state index is 12.7. The first-order valence-electron chi connectivity index (χ1n) is 11.2. The van der Waals surface area contributed by atoms with Gasteiger partial charge in [0.25, 0.3) is 5.91 Å². The summed E-state index contributed by atoms with van der Waals surface area (Å²) >= 11 is 7.11. The fourth-order valence-electron chi connectivity index (χ4n) is 3.63. The highest BCUT2D eigenvalue weighted by Crippen LogP contribution is 2.36. The first-order chi connectivity index (χ1) is 17.5. The Morgan fingerprint density at radius 2 is 1.69 bits per heavy atom. The molecule has 0 bridgehead atoms. The second-order valence-electron chi connectivity index (χ2n) is 7.87. The normalized spacial score (nSPS) is 11.1. The third-order valence-electron chi connectivity index (χ3n) is 5.30. The van der Waals surface area contributed by atoms with E-state index in [1.165, 1.54) is 11.5 Å². The zero-order valence-corrected chi connectivity index (χ0v) is 22.6. The molecule has 1 N–H and O–H groups in total. The highest BCUT2D eigenvalue weighted by atomic mass is 79.9. The van der Waals surface area contributed by atoms with E-state index in [1.807, 2.05) is 31.2 Å². The van der Waals surface area contributed by atoms with Crippen molar-refractivity contribution in [3.05, 3.63) is 105 Å². The average molecular weight is 606 g/mol. The van der Waals surface area contributed by atoms with Gasteiger partial charge < -0.3 is 14.8 Å². The lowest BCUT2D eigenvalue weighted by Gasteiger charge is -2.12. The summed E-state index contributed by atoms with van der Waals surface area (Å²) in [6.07, 6.45) is 1.53. The molecule has 0 aliphatic rings. The number of ether oxygens (including phenoxy) is 2. The van der Waals surface area contributed by atoms with Crippen molar-refractivity contribution in [1.82, 2.24) is 0 Å². The number of amides is 1. The van der Waals surface area contributed by atoms with Crippen LogP contribution in [0.3, 0.4) is 0 Å². The summed E-state index contributed by atoms with van der Waals surface area (Å²) in [6, 6.07) is 27.0. The summed E-state index contributed by atoms with van der Waals surface area (Å²) < 4.78 is 12.9. The van der Waals surface area contributed by atoms with Crippen molar-refractivity contribution in [2.75, 3.05) is 11.9 Å². The molecular weight excluding hydrogens is 584 g/mol. The van der Waals surface area contributed by atoms with Crippen molar-refractivity contribution in [2.45, 2.75) is 13.5 Å². The van der Waals surface area contributed by atoms with Gasteiger partial charge in [-0.1, -0.05) is 42.5 Å². The lowest BCUT2D eigenvalue weighted by Crippen LogP contribution is -2.13. The number of benzene rings is 4. The number of halogens is 2. The van der Waals surface area contributed by atoms with Crippen LogP contribution in [-0.2, 0) is 11.4 Å². The van der Waals surface area contributed by atoms with Gasteiger partial charge in [-0.05, 0) is 97.1 Å². The summed E-state index contributed by atoms with van der Waals surface area (Å²) in [5.74, 6) is 0.774. The minimum atomic E-state index is -0.505. The maximum Gasteiger partial charge on any atom is 0.266 e. The van der Waals surface area contributed by atoms with Gasteiger partial charge in [0.1, 0.15) is 29.7 Å². The van der Waals surface area contributed by atoms with E-state index in [-0.39, 0.29) is 5.57 Å². The number of anilines is 1. The van der Waals surface area contributed by atoms with Gasteiger partial charge in [-0.25, -0.2) is 0 Å². The maximum atomic E-state index is 12.7. The van der Waals surface area contributed by atoms with Crippen molar-refractivity contribution in [3.63, 3.8) is 0 Å². The SMILES string of the molecule is CCOc1cccc(NC(=O)/C(C#N)=C\c2cc(Br)c(OCc3ccc4ccccc4c3)c(Br)c2)c1. The number of nitrogens with one attached hydrogen (secondary N) is 1. The molecule has 0 unspecified atom stereocenters. The first-order valence-corrected chi connectivity index (χ1v) is 12.8. The van der Waals surface area contributed by atoms with E-state index in [2.05, 4.69) is 61.4 Å². The van der Waals surface area contributed by atoms with Gasteiger partial charge in [-0.3, -0.25) is 4.79 Å². The highest BCUT2D eigenvalue weighted by molar-refractivity contribution is 9.11. The lowest BCUT2D eigenvalue weighted by atomic mass is 10.1. The highest BCUT2D eigenvalue weighted by Gasteiger charge is 2.13. The Labute approximate surface area is 226 Å². The molecular formula is C29H22Br2N2O3. The Kier molecular flexibility index (Phi) is 8.42. The Morgan fingerprint density at radius 3 is 2.42 bits per heavy atom. The molecule has 0 aliphatic heterocycles. The van der Waals surface area contributed by atoms with Gasteiger partial charge in [0, 0.05) is 11.8 Å². The Morgan fingerprint density at radius 1 is 0.944 bits per heavy atom. The number of rotatable bonds is 8. The minimum Gasteiger partial charge on any atom is -0.494 e. The Balaban J connectivity index is 1.48. The van der Waals surface area contributed by atoms with Crippen molar-refractivity contribution in [3.8, 4) is 17.6 Å². The molecule has 0 aliphatic carbocycles. The number of carbonyl (C=O) groups excluding carboxylic acids is 1. The summed E-state index contributed by atoms with van der Waals surface area (Å²) in [7, 11) is 0. The molecule has 1 amide bonds. The molecule has 0 atom stereocenters. The molecule has 5 nitrogen and oxygen atoms in total. The lowest BCUT2D eigenvalue weighted by molar-refractivity contribution is -0.112. The van der Waals surface area contributed by atoms with E-state index >= 15 is 0 Å². The van der Waals surface area contributed by atoms with Gasteiger partial charge in [-0.2, -0.15) is 5.26 Å². The summed E-state index contributed by atoms with van der Waals surface area (Å²) in [5.41, 5.74) is 2.24. The van der Waals surface area contributed by atoms with Crippen LogP contribution in [0.4, 0.5) is 5.69 Å². The number of carbonyl (C=O) groups is 1. The van der Waals surface area contributed by atoms with Crippen LogP contribution in [0.2, 0.25) is 0 Å². The summed E-state index contributed by atoms with van der Waals surface area (Å²) in [6.45, 7) is 2.80. The third-order valence-corrected chi connectivity index (χ3v) is 6.47. The van der Waals surface area contributed by atoms with Crippen molar-refractivity contribution < 1.29 is 14.3 Å². The van der Waals surface area contributed by atoms with E-state index in [4.69, 9.17) is 9.47 Å². The Bertz CT molecular complexity index is 1470. The molecule has 0 saturated carbocycles. The molecule has 0 heterocycles. The number of nitrogens with zero attached hydrogens (tertiary/aromatic N) is 1. The van der Waals surface area contributed by atoms with Gasteiger partial charge in [0.05, 0.1) is 15.6 Å². The molecule has 0 saturated heterocycles. The molecule has 4 aromatic rings. The molecule has 180 valence electrons. The van der Waals surface area contributed by atoms with Crippen LogP contribution >= 0.6 is 31.9 Å². The van der Waals surface area contributed by atoms with E-state index in [1.54, 1.807) is 36.4 Å². The monoisotopic (exact) mass is 604 g/mol. The average Bonchev–Trinajstić information content (AvgIpc) is 2.87. The van der Waals surface area contributed by atoms with Crippen LogP contribution < -0.4 is 14.8 Å². The molecule has 0 fully saturated rings. The van der Waals surface area contributed by atoms with Crippen molar-refractivity contribution in [1.29, 1.82) is 5.26 Å². The zero-order valence-electron chi connectivity index (χ0n) is 19.4. The van der Waals surface area contributed by atoms with Crippen molar-refractivity contribution >= 4 is 60.3 Å². The molecule has 4 rings (SSSR count). The first kappa shape index (κ1) is 25.5. The van der Waals surface area contributed by atoms with Crippen LogP contribution in [0.1, 0.15) is 18.1 Å². The summed E-state index contributed by atoms with van der Waals surface area (Å²) in [5, 5.41) is 14.7. The molecule has 36 heavy (non-hydrogen) atoms. The molecule has 0 spiro atoms. The molecule has 7 heteroatoms. The summed E-state index contributed by atoms with van der Waals surface area (Å²) in [4.78, 5) is 12.7. The predicted octanol–water partition coefficient (Wildman–Crippen LogP) is 7.89. The van der Waals surface area contributed by atoms with Gasteiger partial charge in [0.2, 0.25) is 0 Å². The standard InChI is InChI=1S/C29H22Br2N2O3/c1-2-35-25-9-5-8-24(16-25)33-29(34)23(17-32)13-20-14-26(30)28(27(31)15-20)36-18-19-10-11-21-6-3-4-7-22(21)12-19/h3-16H,2,18H2,1H3,(H,33,34)/b23-13-. The largest absolute Gasteiger partial charge is 0.494 e. The topological polar surface area (TPSA) is 71.3 Å². The second kappa shape index (κ2) is 11.9. The Hall–Kier alpha value is -3.60. The zero-order chi connectivity index (χ0) is 25.5. The van der Waals surface area contributed by atoms with E-state index in [9.17, 15) is 10.1 Å². The number of nitriles is 1. The van der Waals surface area contributed by atoms with E-state index in [0.717, 1.165) is 10.9 Å². The van der Waals surface area contributed by atoms with Gasteiger partial charge >= 0.3 is 0 Å². The quantitative estimate of drug-likeness (QED) is 0.164. The van der Waals surface area contributed by atoms with Gasteiger partial charge in [-0.15, -0.1) is 0 Å². The second-order valence-corrected chi connectivity index (χ2v) is 9.58. The molecule has 4 aromatic carbocycles. The van der Waals surface area contributed by atoms with Crippen LogP contribution in [0.25, 0.3) is 16.8 Å². The van der Waals surface area contributed by atoms with Crippen molar-refractivity contribution in [2.24, 2.45) is 0 Å². The van der Waals surface area contributed by atoms with Gasteiger partial charge in [0.15, 0.2) is 0 Å². The number of hydrogen-bond donors (Lipinski definition) is 1. The minimum absolute atomic E-state index is 0.0274. The van der Waals surface area contributed by atoms with Crippen LogP contribution in [0, 0.1) is 11.3 Å². The third kappa shape index (κ3) is 6.34. The number of fused-ring (bicyclic) bond motifs is 1. The van der Waals surface area contributed by atoms with E-state index < -0.39 is 5.91 Å². The van der Waals surface area contributed by atoms with E-state index in [0.29, 0.717) is 44.9 Å². The number of hydrogen-bond acceptors (Lipinski definition) is 4. The van der Waals surface area contributed by atoms with Crippen LogP contribution in [0.5, 0.6) is 11.5 Å². The predicted molar refractivity (Wildman–Crippen MR) is 150 cm³/mol. The van der Waals surface area contributed by atoms with Crippen LogP contribution in [0.15, 0.2) is 93.4 Å². The fourth-order valence-corrected chi connectivity index (χ4v) is 5.08. The smallest absolute Gasteiger partial charge is 0.266 e. The molecule has 0 aromatic heterocycles. The fraction of sp³-hybridized carbons (Fsp3) is 0.103. The molecule has 0 radical (unpaired) electrons.